The number of rotatable bonds is 1. The second-order valence-corrected chi connectivity index (χ2v) is 1.10. The van der Waals surface area contributed by atoms with Gasteiger partial charge in [0.25, 0.3) is 0 Å². The van der Waals surface area contributed by atoms with Crippen molar-refractivity contribution in [2.45, 2.75) is 6.23 Å². The Morgan fingerprint density at radius 3 is 2.00 bits per heavy atom. The maximum atomic E-state index is 8.61. The van der Waals surface area contributed by atoms with Crippen molar-refractivity contribution in [2.75, 3.05) is 0 Å². The van der Waals surface area contributed by atoms with Crippen LogP contribution in [0.5, 0.6) is 0 Å². The van der Waals surface area contributed by atoms with Crippen LogP contribution >= 0.6 is 0 Å². The molecule has 0 aliphatic carbocycles. The molecule has 47 valence electrons. The standard InChI is InChI=1S/C3H7NO.H2O.O.Ti/c1-2-3(4)5;;;/h2-3,5H,1,4H2;1H2;;/q;;;+1/p-1. The molecule has 1 unspecified atom stereocenters. The van der Waals surface area contributed by atoms with E-state index < -0.39 is 25.7 Å². The first-order valence-electron chi connectivity index (χ1n) is 1.76. The molecule has 0 aliphatic heterocycles. The van der Waals surface area contributed by atoms with Crippen LogP contribution in [0.25, 0.3) is 0 Å². The molecule has 0 heterocycles. The summed E-state index contributed by atoms with van der Waals surface area (Å²) >= 11 is -1.75. The zero-order chi connectivity index (χ0) is 6.99. The van der Waals surface area contributed by atoms with Crippen LogP contribution in [0.2, 0.25) is 0 Å². The zero-order valence-corrected chi connectivity index (χ0v) is 5.80. The van der Waals surface area contributed by atoms with Crippen LogP contribution in [0.4, 0.5) is 0 Å². The van der Waals surface area contributed by atoms with E-state index in [1.165, 1.54) is 6.08 Å². The Kier molecular flexibility index (Phi) is 14.0. The van der Waals surface area contributed by atoms with Crippen molar-refractivity contribution in [1.82, 2.24) is 0 Å². The number of hydrogen-bond donors (Lipinski definition) is 3. The second-order valence-electron chi connectivity index (χ2n) is 0.818. The molecule has 1 atom stereocenters. The van der Waals surface area contributed by atoms with Gasteiger partial charge in [0.1, 0.15) is 6.23 Å². The molecule has 4 N–H and O–H groups in total. The Balaban J connectivity index is 0. The van der Waals surface area contributed by atoms with Gasteiger partial charge in [0.15, 0.2) is 0 Å². The fraction of sp³-hybridized carbons (Fsp3) is 0.333. The molecule has 0 aromatic heterocycles. The van der Waals surface area contributed by atoms with Gasteiger partial charge in [-0.15, -0.1) is 0 Å². The molecule has 0 amide bonds. The third-order valence-electron chi connectivity index (χ3n) is 0.241. The Bertz CT molecular complexity index is 65.5. The average molecular weight is 154 g/mol. The van der Waals surface area contributed by atoms with Crippen LogP contribution in [-0.2, 0) is 22.8 Å². The van der Waals surface area contributed by atoms with Crippen molar-refractivity contribution < 1.29 is 31.6 Å². The summed E-state index contributed by atoms with van der Waals surface area (Å²) in [4.78, 5) is 0. The van der Waals surface area contributed by atoms with Gasteiger partial charge in [0.05, 0.1) is 0 Å². The summed E-state index contributed by atoms with van der Waals surface area (Å²) in [7, 11) is 0. The van der Waals surface area contributed by atoms with Gasteiger partial charge in [0.2, 0.25) is 0 Å². The molecule has 0 saturated heterocycles. The maximum absolute atomic E-state index is 8.61. The third-order valence-corrected chi connectivity index (χ3v) is 0.241. The summed E-state index contributed by atoms with van der Waals surface area (Å²) in [6.07, 6.45) is 0.398. The molecular weight excluding hydrogens is 146 g/mol. The first-order chi connectivity index (χ1) is 3.68. The molecule has 0 radical (unpaired) electrons. The molecule has 0 aromatic rings. The van der Waals surface area contributed by atoms with E-state index >= 15 is 0 Å². The quantitative estimate of drug-likeness (QED) is 0.251. The van der Waals surface area contributed by atoms with E-state index in [-0.39, 0.29) is 0 Å². The number of aliphatic hydroxyl groups excluding tert-OH is 1. The van der Waals surface area contributed by atoms with E-state index in [1.54, 1.807) is 0 Å². The Labute approximate surface area is 56.7 Å². The summed E-state index contributed by atoms with van der Waals surface area (Å²) in [5.41, 5.74) is 4.73. The molecule has 0 aromatic carbocycles. The summed E-state index contributed by atoms with van der Waals surface area (Å²) in [5, 5.41) is 8.02. The van der Waals surface area contributed by atoms with Gasteiger partial charge in [-0.3, -0.25) is 0 Å². The first-order valence-corrected chi connectivity index (χ1v) is 3.10. The molecule has 0 fully saturated rings. The van der Waals surface area contributed by atoms with Crippen LogP contribution in [0.15, 0.2) is 12.7 Å². The van der Waals surface area contributed by atoms with E-state index in [2.05, 4.69) is 6.58 Å². The van der Waals surface area contributed by atoms with E-state index in [0.29, 0.717) is 0 Å². The molecule has 0 bridgehead atoms. The normalized spacial score (nSPS) is 9.88. The van der Waals surface area contributed by atoms with Crippen LogP contribution in [0.1, 0.15) is 0 Å². The van der Waals surface area contributed by atoms with Crippen molar-refractivity contribution in [3.63, 3.8) is 0 Å². The monoisotopic (exact) mass is 154 g/mol. The summed E-state index contributed by atoms with van der Waals surface area (Å²) in [6, 6.07) is 0. The second kappa shape index (κ2) is 10.2. The molecule has 0 rings (SSSR count). The molecule has 8 heavy (non-hydrogen) atoms. The first kappa shape index (κ1) is 11.0. The van der Waals surface area contributed by atoms with Gasteiger partial charge in [0, 0.05) is 0 Å². The van der Waals surface area contributed by atoms with Crippen LogP contribution in [-0.4, -0.2) is 15.0 Å². The van der Waals surface area contributed by atoms with Crippen molar-refractivity contribution >= 4 is 0 Å². The Morgan fingerprint density at radius 1 is 1.88 bits per heavy atom. The summed E-state index contributed by atoms with van der Waals surface area (Å²) in [6.45, 7) is 3.19. The van der Waals surface area contributed by atoms with Gasteiger partial charge < -0.3 is 10.8 Å². The summed E-state index contributed by atoms with van der Waals surface area (Å²) < 4.78 is 15.8. The Hall–Kier alpha value is 0.134. The fourth-order valence-corrected chi connectivity index (χ4v) is 0. The predicted molar refractivity (Wildman–Crippen MR) is 23.3 cm³/mol. The number of aliphatic hydroxyl groups is 1. The van der Waals surface area contributed by atoms with E-state index in [1.807, 2.05) is 0 Å². The fourth-order valence-electron chi connectivity index (χ4n) is 0. The van der Waals surface area contributed by atoms with Crippen molar-refractivity contribution in [3.05, 3.63) is 12.7 Å². The van der Waals surface area contributed by atoms with Crippen LogP contribution in [0, 0.1) is 0 Å². The van der Waals surface area contributed by atoms with Crippen LogP contribution in [0.3, 0.4) is 0 Å². The minimum absolute atomic E-state index is 0.852. The molecule has 0 spiro atoms. The summed E-state index contributed by atoms with van der Waals surface area (Å²) in [5.74, 6) is 0. The van der Waals surface area contributed by atoms with E-state index in [9.17, 15) is 0 Å². The van der Waals surface area contributed by atoms with Crippen molar-refractivity contribution in [3.8, 4) is 0 Å². The van der Waals surface area contributed by atoms with Gasteiger partial charge in [-0.05, 0) is 6.08 Å². The van der Waals surface area contributed by atoms with Crippen molar-refractivity contribution in [2.24, 2.45) is 5.73 Å². The molecule has 4 nitrogen and oxygen atoms in total. The topological polar surface area (TPSA) is 83.5 Å². The molecule has 0 aliphatic rings. The zero-order valence-electron chi connectivity index (χ0n) is 4.24. The number of nitrogens with two attached hydrogens (primary N) is 1. The van der Waals surface area contributed by atoms with Gasteiger partial charge in [-0.2, -0.15) is 0 Å². The molecular formula is C3H8NO3Ti. The third kappa shape index (κ3) is 35.5. The van der Waals surface area contributed by atoms with Gasteiger partial charge in [-0.1, -0.05) is 6.58 Å². The Morgan fingerprint density at radius 2 is 2.00 bits per heavy atom. The van der Waals surface area contributed by atoms with Crippen LogP contribution < -0.4 is 5.73 Å². The average Bonchev–Trinajstić information content (AvgIpc) is 1.69. The van der Waals surface area contributed by atoms with Gasteiger partial charge >= 0.3 is 26.5 Å². The van der Waals surface area contributed by atoms with E-state index in [4.69, 9.17) is 17.9 Å². The molecule has 5 heteroatoms. The molecule has 0 saturated carbocycles. The SMILES string of the molecule is C=CC(N)O.[O]=[Ti][OH]. The minimum atomic E-state index is -1.75. The number of hydrogen-bond acceptors (Lipinski definition) is 3. The predicted octanol–water partition coefficient (Wildman–Crippen LogP) is -1.23. The van der Waals surface area contributed by atoms with Crippen molar-refractivity contribution in [1.29, 1.82) is 0 Å². The van der Waals surface area contributed by atoms with Gasteiger partial charge in [-0.25, -0.2) is 0 Å². The van der Waals surface area contributed by atoms with E-state index in [0.717, 1.165) is 0 Å².